The summed E-state index contributed by atoms with van der Waals surface area (Å²) < 4.78 is 5.21. The van der Waals surface area contributed by atoms with Crippen molar-refractivity contribution >= 4 is 29.1 Å². The maximum Gasteiger partial charge on any atom is 0.257 e. The van der Waals surface area contributed by atoms with Crippen LogP contribution in [-0.2, 0) is 11.3 Å². The van der Waals surface area contributed by atoms with Crippen LogP contribution in [0.3, 0.4) is 0 Å². The van der Waals surface area contributed by atoms with Gasteiger partial charge in [0.1, 0.15) is 11.8 Å². The van der Waals surface area contributed by atoms with Crippen molar-refractivity contribution in [2.24, 2.45) is 0 Å². The van der Waals surface area contributed by atoms with Gasteiger partial charge in [0.2, 0.25) is 0 Å². The lowest BCUT2D eigenvalue weighted by atomic mass is 10.0. The van der Waals surface area contributed by atoms with Gasteiger partial charge in [0.25, 0.3) is 11.8 Å². The molecule has 6 heteroatoms. The van der Waals surface area contributed by atoms with Crippen molar-refractivity contribution in [3.63, 3.8) is 0 Å². The van der Waals surface area contributed by atoms with Crippen LogP contribution < -0.4 is 10.1 Å². The van der Waals surface area contributed by atoms with Gasteiger partial charge in [0.05, 0.1) is 18.4 Å². The molecule has 146 valence electrons. The Kier molecular flexibility index (Phi) is 5.23. The molecule has 4 rings (SSSR count). The van der Waals surface area contributed by atoms with Gasteiger partial charge in [-0.05, 0) is 41.5 Å². The zero-order valence-corrected chi connectivity index (χ0v) is 16.5. The van der Waals surface area contributed by atoms with Crippen molar-refractivity contribution in [2.45, 2.75) is 12.6 Å². The van der Waals surface area contributed by atoms with Crippen molar-refractivity contribution in [3.05, 3.63) is 94.5 Å². The van der Waals surface area contributed by atoms with E-state index in [0.717, 1.165) is 16.9 Å². The molecule has 0 fully saturated rings. The smallest absolute Gasteiger partial charge is 0.257 e. The molecule has 0 saturated heterocycles. The first-order chi connectivity index (χ1) is 14.1. The molecule has 0 bridgehead atoms. The van der Waals surface area contributed by atoms with Crippen molar-refractivity contribution in [2.75, 3.05) is 12.4 Å². The second-order valence-corrected chi connectivity index (χ2v) is 7.21. The lowest BCUT2D eigenvalue weighted by Crippen LogP contribution is -2.38. The van der Waals surface area contributed by atoms with Crippen LogP contribution in [0.2, 0.25) is 5.02 Å². The third-order valence-electron chi connectivity index (χ3n) is 4.92. The molecular weight excluding hydrogens is 388 g/mol. The SMILES string of the molecule is COc1ccc(CN2C(=O)c3ccc(Cl)cc3NC(=O)C2c2ccccc2)cc1. The molecule has 1 N–H and O–H groups in total. The Labute approximate surface area is 173 Å². The first kappa shape index (κ1) is 19.0. The fourth-order valence-electron chi connectivity index (χ4n) is 3.48. The third-order valence-corrected chi connectivity index (χ3v) is 5.15. The van der Waals surface area contributed by atoms with Gasteiger partial charge in [-0.3, -0.25) is 9.59 Å². The summed E-state index contributed by atoms with van der Waals surface area (Å²) in [6.07, 6.45) is 0. The van der Waals surface area contributed by atoms with Gasteiger partial charge in [-0.15, -0.1) is 0 Å². The van der Waals surface area contributed by atoms with Gasteiger partial charge in [-0.1, -0.05) is 54.1 Å². The Bertz CT molecular complexity index is 1050. The Balaban J connectivity index is 1.79. The minimum atomic E-state index is -0.767. The van der Waals surface area contributed by atoms with Crippen molar-refractivity contribution in [1.29, 1.82) is 0 Å². The monoisotopic (exact) mass is 406 g/mol. The fourth-order valence-corrected chi connectivity index (χ4v) is 3.65. The van der Waals surface area contributed by atoms with E-state index in [1.54, 1.807) is 30.2 Å². The Morgan fingerprint density at radius 3 is 2.41 bits per heavy atom. The van der Waals surface area contributed by atoms with Crippen LogP contribution >= 0.6 is 11.6 Å². The number of benzene rings is 3. The summed E-state index contributed by atoms with van der Waals surface area (Å²) in [6.45, 7) is 0.276. The van der Waals surface area contributed by atoms with Crippen molar-refractivity contribution in [1.82, 2.24) is 4.90 Å². The van der Waals surface area contributed by atoms with E-state index in [2.05, 4.69) is 5.32 Å². The zero-order chi connectivity index (χ0) is 20.4. The Morgan fingerprint density at radius 1 is 1.00 bits per heavy atom. The average Bonchev–Trinajstić information content (AvgIpc) is 2.83. The molecule has 29 heavy (non-hydrogen) atoms. The van der Waals surface area contributed by atoms with Gasteiger partial charge in [0.15, 0.2) is 0 Å². The number of carbonyl (C=O) groups excluding carboxylic acids is 2. The van der Waals surface area contributed by atoms with Gasteiger partial charge in [-0.2, -0.15) is 0 Å². The van der Waals surface area contributed by atoms with E-state index in [1.807, 2.05) is 54.6 Å². The normalized spacial score (nSPS) is 16.1. The molecular formula is C23H19ClN2O3. The molecule has 0 spiro atoms. The predicted octanol–water partition coefficient (Wildman–Crippen LogP) is 4.68. The van der Waals surface area contributed by atoms with Crippen LogP contribution in [0.1, 0.15) is 27.5 Å². The van der Waals surface area contributed by atoms with Gasteiger partial charge in [0, 0.05) is 11.6 Å². The number of nitrogens with one attached hydrogen (secondary N) is 1. The Hall–Kier alpha value is -3.31. The fraction of sp³-hybridized carbons (Fsp3) is 0.130. The van der Waals surface area contributed by atoms with E-state index in [1.165, 1.54) is 0 Å². The van der Waals surface area contributed by atoms with Crippen LogP contribution in [0, 0.1) is 0 Å². The number of ether oxygens (including phenoxy) is 1. The van der Waals surface area contributed by atoms with Crippen molar-refractivity contribution < 1.29 is 14.3 Å². The van der Waals surface area contributed by atoms with Crippen LogP contribution in [-0.4, -0.2) is 23.8 Å². The standard InChI is InChI=1S/C23H19ClN2O3/c1-29-18-10-7-15(8-11-18)14-26-21(16-5-3-2-4-6-16)22(27)25-20-13-17(24)9-12-19(20)23(26)28/h2-13,21H,14H2,1H3,(H,25,27). The summed E-state index contributed by atoms with van der Waals surface area (Å²) >= 11 is 6.09. The van der Waals surface area contributed by atoms with Crippen LogP contribution in [0.5, 0.6) is 5.75 Å². The van der Waals surface area contributed by atoms with E-state index >= 15 is 0 Å². The number of hydrogen-bond donors (Lipinski definition) is 1. The van der Waals surface area contributed by atoms with Crippen LogP contribution in [0.25, 0.3) is 0 Å². The number of carbonyl (C=O) groups is 2. The van der Waals surface area contributed by atoms with E-state index in [0.29, 0.717) is 16.3 Å². The predicted molar refractivity (Wildman–Crippen MR) is 112 cm³/mol. The van der Waals surface area contributed by atoms with Crippen LogP contribution in [0.4, 0.5) is 5.69 Å². The molecule has 1 atom stereocenters. The number of fused-ring (bicyclic) bond motifs is 1. The highest BCUT2D eigenvalue weighted by Gasteiger charge is 2.36. The molecule has 5 nitrogen and oxygen atoms in total. The third kappa shape index (κ3) is 3.82. The van der Waals surface area contributed by atoms with Crippen molar-refractivity contribution in [3.8, 4) is 5.75 Å². The summed E-state index contributed by atoms with van der Waals surface area (Å²) in [4.78, 5) is 28.2. The molecule has 1 unspecified atom stereocenters. The second kappa shape index (κ2) is 7.97. The summed E-state index contributed by atoms with van der Waals surface area (Å²) in [5.74, 6) is 0.215. The maximum absolute atomic E-state index is 13.5. The number of anilines is 1. The molecule has 3 aromatic rings. The largest absolute Gasteiger partial charge is 0.497 e. The highest BCUT2D eigenvalue weighted by molar-refractivity contribution is 6.31. The first-order valence-electron chi connectivity index (χ1n) is 9.16. The summed E-state index contributed by atoms with van der Waals surface area (Å²) in [5, 5.41) is 3.33. The number of nitrogens with zero attached hydrogens (tertiary/aromatic N) is 1. The van der Waals surface area contributed by atoms with E-state index in [4.69, 9.17) is 16.3 Å². The Morgan fingerprint density at radius 2 is 1.72 bits per heavy atom. The summed E-state index contributed by atoms with van der Waals surface area (Å²) in [5.41, 5.74) is 2.47. The zero-order valence-electron chi connectivity index (χ0n) is 15.8. The molecule has 0 radical (unpaired) electrons. The number of halogens is 1. The van der Waals surface area contributed by atoms with E-state index in [9.17, 15) is 9.59 Å². The second-order valence-electron chi connectivity index (χ2n) is 6.77. The molecule has 0 saturated carbocycles. The number of hydrogen-bond acceptors (Lipinski definition) is 3. The van der Waals surface area contributed by atoms with E-state index in [-0.39, 0.29) is 18.4 Å². The minimum absolute atomic E-state index is 0.236. The summed E-state index contributed by atoms with van der Waals surface area (Å²) in [7, 11) is 1.60. The molecule has 0 aliphatic carbocycles. The number of methoxy groups -OCH3 is 1. The molecule has 1 aliphatic heterocycles. The molecule has 2 amide bonds. The molecule has 3 aromatic carbocycles. The van der Waals surface area contributed by atoms with Gasteiger partial charge >= 0.3 is 0 Å². The number of rotatable bonds is 4. The molecule has 1 heterocycles. The summed E-state index contributed by atoms with van der Waals surface area (Å²) in [6, 6.07) is 20.9. The van der Waals surface area contributed by atoms with Gasteiger partial charge in [-0.25, -0.2) is 0 Å². The number of amides is 2. The maximum atomic E-state index is 13.5. The van der Waals surface area contributed by atoms with E-state index < -0.39 is 6.04 Å². The first-order valence-corrected chi connectivity index (χ1v) is 9.54. The highest BCUT2D eigenvalue weighted by Crippen LogP contribution is 2.33. The van der Waals surface area contributed by atoms with Crippen LogP contribution in [0.15, 0.2) is 72.8 Å². The van der Waals surface area contributed by atoms with Gasteiger partial charge < -0.3 is 15.0 Å². The quantitative estimate of drug-likeness (QED) is 0.684. The lowest BCUT2D eigenvalue weighted by Gasteiger charge is -2.29. The lowest BCUT2D eigenvalue weighted by molar-refractivity contribution is -0.120. The molecule has 0 aromatic heterocycles. The minimum Gasteiger partial charge on any atom is -0.497 e. The highest BCUT2D eigenvalue weighted by atomic mass is 35.5. The average molecular weight is 407 g/mol. The topological polar surface area (TPSA) is 58.6 Å². The molecule has 1 aliphatic rings.